The van der Waals surface area contributed by atoms with Gasteiger partial charge >= 0.3 is 0 Å². The fraction of sp³-hybridized carbons (Fsp3) is 0.296. The fourth-order valence-corrected chi connectivity index (χ4v) is 4.75. The highest BCUT2D eigenvalue weighted by Crippen LogP contribution is 2.34. The summed E-state index contributed by atoms with van der Waals surface area (Å²) in [6.07, 6.45) is 2.08. The standard InChI is InChI=1S/C27H28N4O2/c1-20-9-11-21(12-10-20)24(31-19-22-6-2-3-7-23(22)27(31)33)18-26(32)30-16-14-29(15-17-30)25-8-4-5-13-28-25/h2-13,24H,14-19H2,1H3/t24-/m1/s1. The van der Waals surface area contributed by atoms with Crippen molar-refractivity contribution in [1.82, 2.24) is 14.8 Å². The Balaban J connectivity index is 1.32. The first kappa shape index (κ1) is 21.2. The van der Waals surface area contributed by atoms with Gasteiger partial charge in [0.15, 0.2) is 0 Å². The van der Waals surface area contributed by atoms with Gasteiger partial charge in [-0.15, -0.1) is 0 Å². The lowest BCUT2D eigenvalue weighted by atomic mass is 9.99. The summed E-state index contributed by atoms with van der Waals surface area (Å²) in [5.74, 6) is 1.04. The molecular formula is C27H28N4O2. The molecule has 33 heavy (non-hydrogen) atoms. The second-order valence-corrected chi connectivity index (χ2v) is 8.78. The number of piperazine rings is 1. The number of pyridine rings is 1. The highest BCUT2D eigenvalue weighted by atomic mass is 16.2. The summed E-state index contributed by atoms with van der Waals surface area (Å²) >= 11 is 0. The van der Waals surface area contributed by atoms with Crippen molar-refractivity contribution >= 4 is 17.6 Å². The highest BCUT2D eigenvalue weighted by Gasteiger charge is 2.35. The average Bonchev–Trinajstić information content (AvgIpc) is 3.20. The number of benzene rings is 2. The van der Waals surface area contributed by atoms with Crippen LogP contribution in [-0.2, 0) is 11.3 Å². The molecule has 0 spiro atoms. The molecule has 0 N–H and O–H groups in total. The first-order chi connectivity index (χ1) is 16.1. The lowest BCUT2D eigenvalue weighted by Crippen LogP contribution is -2.49. The monoisotopic (exact) mass is 440 g/mol. The molecular weight excluding hydrogens is 412 g/mol. The predicted molar refractivity (Wildman–Crippen MR) is 128 cm³/mol. The van der Waals surface area contributed by atoms with Crippen molar-refractivity contribution in [3.63, 3.8) is 0 Å². The predicted octanol–water partition coefficient (Wildman–Crippen LogP) is 3.83. The second-order valence-electron chi connectivity index (χ2n) is 8.78. The maximum atomic E-state index is 13.4. The number of anilines is 1. The fourth-order valence-electron chi connectivity index (χ4n) is 4.75. The van der Waals surface area contributed by atoms with E-state index in [1.165, 1.54) is 0 Å². The van der Waals surface area contributed by atoms with Crippen LogP contribution in [0.25, 0.3) is 0 Å². The van der Waals surface area contributed by atoms with Crippen molar-refractivity contribution in [2.45, 2.75) is 25.9 Å². The zero-order valence-electron chi connectivity index (χ0n) is 18.9. The van der Waals surface area contributed by atoms with Gasteiger partial charge in [0.25, 0.3) is 5.91 Å². The highest BCUT2D eigenvalue weighted by molar-refractivity contribution is 5.98. The van der Waals surface area contributed by atoms with Crippen LogP contribution in [0.2, 0.25) is 0 Å². The molecule has 0 bridgehead atoms. The topological polar surface area (TPSA) is 56.8 Å². The Morgan fingerprint density at radius 3 is 2.36 bits per heavy atom. The van der Waals surface area contributed by atoms with Crippen LogP contribution in [-0.4, -0.2) is 52.8 Å². The Hall–Kier alpha value is -3.67. The van der Waals surface area contributed by atoms with E-state index in [1.807, 2.05) is 83.5 Å². The van der Waals surface area contributed by atoms with Gasteiger partial charge in [-0.3, -0.25) is 9.59 Å². The minimum absolute atomic E-state index is 0.00365. The van der Waals surface area contributed by atoms with Crippen molar-refractivity contribution in [3.8, 4) is 0 Å². The largest absolute Gasteiger partial charge is 0.353 e. The SMILES string of the molecule is Cc1ccc([C@@H](CC(=O)N2CCN(c3ccccn3)CC2)N2Cc3ccccc3C2=O)cc1. The van der Waals surface area contributed by atoms with Crippen LogP contribution in [0.4, 0.5) is 5.82 Å². The van der Waals surface area contributed by atoms with Crippen LogP contribution in [0.15, 0.2) is 72.9 Å². The van der Waals surface area contributed by atoms with E-state index in [0.29, 0.717) is 19.6 Å². The first-order valence-electron chi connectivity index (χ1n) is 11.5. The van der Waals surface area contributed by atoms with Crippen molar-refractivity contribution in [2.75, 3.05) is 31.1 Å². The number of fused-ring (bicyclic) bond motifs is 1. The van der Waals surface area contributed by atoms with Crippen LogP contribution in [0.3, 0.4) is 0 Å². The van der Waals surface area contributed by atoms with Gasteiger partial charge in [0.1, 0.15) is 5.82 Å². The molecule has 2 aliphatic heterocycles. The maximum absolute atomic E-state index is 13.4. The molecule has 0 radical (unpaired) electrons. The molecule has 2 aromatic carbocycles. The molecule has 6 nitrogen and oxygen atoms in total. The first-order valence-corrected chi connectivity index (χ1v) is 11.5. The van der Waals surface area contributed by atoms with Crippen LogP contribution in [0.1, 0.15) is 39.5 Å². The molecule has 1 saturated heterocycles. The molecule has 1 fully saturated rings. The van der Waals surface area contributed by atoms with Gasteiger partial charge < -0.3 is 14.7 Å². The van der Waals surface area contributed by atoms with E-state index in [2.05, 4.69) is 9.88 Å². The molecule has 6 heteroatoms. The summed E-state index contributed by atoms with van der Waals surface area (Å²) < 4.78 is 0. The van der Waals surface area contributed by atoms with Crippen LogP contribution >= 0.6 is 0 Å². The summed E-state index contributed by atoms with van der Waals surface area (Å²) in [5.41, 5.74) is 3.93. The summed E-state index contributed by atoms with van der Waals surface area (Å²) in [5, 5.41) is 0. The number of aryl methyl sites for hydroxylation is 1. The third-order valence-electron chi connectivity index (χ3n) is 6.66. The molecule has 3 aromatic rings. The molecule has 168 valence electrons. The van der Waals surface area contributed by atoms with Crippen LogP contribution in [0.5, 0.6) is 0 Å². The Bertz CT molecular complexity index is 1140. The van der Waals surface area contributed by atoms with Crippen LogP contribution < -0.4 is 4.90 Å². The number of hydrogen-bond acceptors (Lipinski definition) is 4. The zero-order valence-corrected chi connectivity index (χ0v) is 18.9. The van der Waals surface area contributed by atoms with Crippen molar-refractivity contribution < 1.29 is 9.59 Å². The number of aromatic nitrogens is 1. The van der Waals surface area contributed by atoms with E-state index in [0.717, 1.165) is 41.2 Å². The lowest BCUT2D eigenvalue weighted by molar-refractivity contribution is -0.132. The Morgan fingerprint density at radius 2 is 1.67 bits per heavy atom. The van der Waals surface area contributed by atoms with Crippen molar-refractivity contribution in [2.24, 2.45) is 0 Å². The maximum Gasteiger partial charge on any atom is 0.255 e. The number of nitrogens with zero attached hydrogens (tertiary/aromatic N) is 4. The normalized spacial score (nSPS) is 16.6. The molecule has 2 aliphatic rings. The van der Waals surface area contributed by atoms with Crippen molar-refractivity contribution in [3.05, 3.63) is 95.2 Å². The molecule has 0 unspecified atom stereocenters. The van der Waals surface area contributed by atoms with E-state index in [1.54, 1.807) is 6.20 Å². The van der Waals surface area contributed by atoms with E-state index in [-0.39, 0.29) is 24.3 Å². The quantitative estimate of drug-likeness (QED) is 0.605. The third kappa shape index (κ3) is 4.33. The Morgan fingerprint density at radius 1 is 0.939 bits per heavy atom. The van der Waals surface area contributed by atoms with E-state index >= 15 is 0 Å². The number of amides is 2. The zero-order chi connectivity index (χ0) is 22.8. The van der Waals surface area contributed by atoms with Gasteiger partial charge in [-0.05, 0) is 36.2 Å². The Labute approximate surface area is 194 Å². The molecule has 2 amide bonds. The average molecular weight is 441 g/mol. The van der Waals surface area contributed by atoms with Gasteiger partial charge in [-0.2, -0.15) is 0 Å². The summed E-state index contributed by atoms with van der Waals surface area (Å²) in [6, 6.07) is 21.5. The summed E-state index contributed by atoms with van der Waals surface area (Å²) in [4.78, 5) is 37.0. The minimum atomic E-state index is -0.285. The summed E-state index contributed by atoms with van der Waals surface area (Å²) in [6.45, 7) is 5.41. The Kier molecular flexibility index (Phi) is 5.82. The lowest BCUT2D eigenvalue weighted by Gasteiger charge is -2.37. The van der Waals surface area contributed by atoms with E-state index < -0.39 is 0 Å². The van der Waals surface area contributed by atoms with Gasteiger partial charge in [0.2, 0.25) is 5.91 Å². The smallest absolute Gasteiger partial charge is 0.255 e. The molecule has 5 rings (SSSR count). The molecule has 1 atom stereocenters. The number of hydrogen-bond donors (Lipinski definition) is 0. The van der Waals surface area contributed by atoms with Crippen LogP contribution in [0, 0.1) is 6.92 Å². The molecule has 1 aromatic heterocycles. The van der Waals surface area contributed by atoms with Gasteiger partial charge in [0, 0.05) is 44.5 Å². The molecule has 0 saturated carbocycles. The van der Waals surface area contributed by atoms with Gasteiger partial charge in [0.05, 0.1) is 12.5 Å². The number of rotatable bonds is 5. The van der Waals surface area contributed by atoms with Gasteiger partial charge in [-0.1, -0.05) is 54.1 Å². The van der Waals surface area contributed by atoms with Gasteiger partial charge in [-0.25, -0.2) is 4.98 Å². The van der Waals surface area contributed by atoms with E-state index in [9.17, 15) is 9.59 Å². The molecule has 3 heterocycles. The minimum Gasteiger partial charge on any atom is -0.353 e. The number of carbonyl (C=O) groups excluding carboxylic acids is 2. The third-order valence-corrected chi connectivity index (χ3v) is 6.66. The second kappa shape index (κ2) is 9.06. The summed E-state index contributed by atoms with van der Waals surface area (Å²) in [7, 11) is 0. The molecule has 0 aliphatic carbocycles. The van der Waals surface area contributed by atoms with Crippen molar-refractivity contribution in [1.29, 1.82) is 0 Å². The van der Waals surface area contributed by atoms with E-state index in [4.69, 9.17) is 0 Å². The number of carbonyl (C=O) groups is 2.